The number of amides is 3. The van der Waals surface area contributed by atoms with Crippen LogP contribution in [0, 0.1) is 11.8 Å². The minimum atomic E-state index is -0.531. The Morgan fingerprint density at radius 1 is 0.950 bits per heavy atom. The topological polar surface area (TPSA) is 105 Å². The van der Waals surface area contributed by atoms with Gasteiger partial charge in [0.2, 0.25) is 11.8 Å². The van der Waals surface area contributed by atoms with Crippen LogP contribution in [0.2, 0.25) is 0 Å². The molecular weight excluding hydrogens is 504 g/mol. The van der Waals surface area contributed by atoms with Crippen molar-refractivity contribution >= 4 is 23.4 Å². The molecule has 6 rings (SSSR count). The van der Waals surface area contributed by atoms with E-state index in [1.54, 1.807) is 7.11 Å². The smallest absolute Gasteiger partial charge is 0.254 e. The third kappa shape index (κ3) is 4.80. The predicted molar refractivity (Wildman–Crippen MR) is 153 cm³/mol. The van der Waals surface area contributed by atoms with E-state index in [0.717, 1.165) is 72.2 Å². The summed E-state index contributed by atoms with van der Waals surface area (Å²) < 4.78 is 5.76. The van der Waals surface area contributed by atoms with Crippen LogP contribution in [-0.2, 0) is 16.1 Å². The van der Waals surface area contributed by atoms with Gasteiger partial charge in [-0.1, -0.05) is 43.9 Å². The molecule has 0 aromatic heterocycles. The van der Waals surface area contributed by atoms with Crippen molar-refractivity contribution in [1.82, 2.24) is 9.91 Å². The Bertz CT molecular complexity index is 1410. The third-order valence-electron chi connectivity index (χ3n) is 8.85. The zero-order chi connectivity index (χ0) is 27.8. The van der Waals surface area contributed by atoms with Crippen LogP contribution in [-0.4, -0.2) is 53.0 Å². The van der Waals surface area contributed by atoms with Crippen molar-refractivity contribution in [2.45, 2.75) is 64.0 Å². The van der Waals surface area contributed by atoms with E-state index in [1.165, 1.54) is 17.7 Å². The average molecular weight is 541 g/mol. The van der Waals surface area contributed by atoms with Gasteiger partial charge in [-0.15, -0.1) is 0 Å². The fraction of sp³-hybridized carbons (Fsp3) is 0.438. The molecule has 2 atom stereocenters. The quantitative estimate of drug-likeness (QED) is 0.425. The van der Waals surface area contributed by atoms with Gasteiger partial charge in [-0.3, -0.25) is 14.4 Å². The molecule has 8 nitrogen and oxygen atoms in total. The Morgan fingerprint density at radius 2 is 1.68 bits per heavy atom. The van der Waals surface area contributed by atoms with Crippen molar-refractivity contribution in [1.29, 1.82) is 0 Å². The Hall–Kier alpha value is -3.94. The van der Waals surface area contributed by atoms with Gasteiger partial charge in [-0.2, -0.15) is 5.10 Å². The van der Waals surface area contributed by atoms with E-state index >= 15 is 0 Å². The molecule has 0 bridgehead atoms. The normalized spacial score (nSPS) is 23.0. The SMILES string of the molecule is COc1ccc(C2=NN(C3CCCCCC3)C(=O)[C@@H]3CC=CC[C@H]23)cc1-c1ccc2c(c1)CN(CC(N)=O)C2=O. The van der Waals surface area contributed by atoms with Crippen LogP contribution in [0.1, 0.15) is 72.9 Å². The van der Waals surface area contributed by atoms with Crippen molar-refractivity contribution in [2.24, 2.45) is 22.7 Å². The average Bonchev–Trinajstić information content (AvgIpc) is 3.11. The number of benzene rings is 2. The number of ether oxygens (including phenoxy) is 1. The van der Waals surface area contributed by atoms with Crippen LogP contribution in [0.15, 0.2) is 53.7 Å². The molecule has 2 aromatic carbocycles. The fourth-order valence-corrected chi connectivity index (χ4v) is 6.79. The van der Waals surface area contributed by atoms with E-state index in [1.807, 2.05) is 35.3 Å². The summed E-state index contributed by atoms with van der Waals surface area (Å²) in [5.74, 6) is 0.126. The number of methoxy groups -OCH3 is 1. The van der Waals surface area contributed by atoms with Crippen molar-refractivity contribution in [3.8, 4) is 16.9 Å². The molecule has 2 heterocycles. The van der Waals surface area contributed by atoms with E-state index in [0.29, 0.717) is 12.1 Å². The molecule has 1 saturated carbocycles. The molecule has 8 heteroatoms. The molecule has 4 aliphatic rings. The fourth-order valence-electron chi connectivity index (χ4n) is 6.79. The first-order valence-electron chi connectivity index (χ1n) is 14.4. The number of carbonyl (C=O) groups is 3. The molecular formula is C32H36N4O4. The molecule has 40 heavy (non-hydrogen) atoms. The highest BCUT2D eigenvalue weighted by Gasteiger charge is 2.42. The summed E-state index contributed by atoms with van der Waals surface area (Å²) in [6.45, 7) is 0.239. The number of hydrogen-bond donors (Lipinski definition) is 1. The van der Waals surface area contributed by atoms with Crippen LogP contribution in [0.25, 0.3) is 11.1 Å². The minimum absolute atomic E-state index is 0.0424. The summed E-state index contributed by atoms with van der Waals surface area (Å²) in [5, 5.41) is 6.94. The Balaban J connectivity index is 1.39. The summed E-state index contributed by atoms with van der Waals surface area (Å²) >= 11 is 0. The number of allylic oxidation sites excluding steroid dienone is 2. The zero-order valence-electron chi connectivity index (χ0n) is 23.0. The van der Waals surface area contributed by atoms with Gasteiger partial charge in [0.25, 0.3) is 5.91 Å². The van der Waals surface area contributed by atoms with Gasteiger partial charge in [-0.25, -0.2) is 5.01 Å². The lowest BCUT2D eigenvalue weighted by atomic mass is 9.76. The van der Waals surface area contributed by atoms with Gasteiger partial charge in [0.05, 0.1) is 31.3 Å². The van der Waals surface area contributed by atoms with Gasteiger partial charge >= 0.3 is 0 Å². The molecule has 0 saturated heterocycles. The summed E-state index contributed by atoms with van der Waals surface area (Å²) in [6, 6.07) is 12.0. The van der Waals surface area contributed by atoms with Gasteiger partial charge in [0.1, 0.15) is 5.75 Å². The van der Waals surface area contributed by atoms with Gasteiger partial charge in [-0.05, 0) is 72.7 Å². The number of nitrogens with two attached hydrogens (primary N) is 1. The van der Waals surface area contributed by atoms with Crippen molar-refractivity contribution in [2.75, 3.05) is 13.7 Å². The molecule has 0 radical (unpaired) electrons. The Labute approximate surface area is 234 Å². The molecule has 2 aromatic rings. The number of rotatable bonds is 6. The molecule has 1 fully saturated rings. The predicted octanol–water partition coefficient (Wildman–Crippen LogP) is 4.65. The van der Waals surface area contributed by atoms with Gasteiger partial charge in [0, 0.05) is 23.6 Å². The van der Waals surface area contributed by atoms with Crippen LogP contribution in [0.4, 0.5) is 0 Å². The second-order valence-electron chi connectivity index (χ2n) is 11.4. The Kier molecular flexibility index (Phi) is 7.17. The summed E-state index contributed by atoms with van der Waals surface area (Å²) in [7, 11) is 1.65. The standard InChI is InChI=1S/C32H36N4O4/c1-40-28-15-13-21(17-27(28)20-12-14-24-22(16-20)18-35(31(24)38)19-29(33)37)30-25-10-6-7-11-26(25)32(39)36(34-30)23-8-4-2-3-5-9-23/h6-7,12-17,23,25-26H,2-5,8-11,18-19H2,1H3,(H2,33,37)/t25-,26+/m0/s1. The number of nitrogens with zero attached hydrogens (tertiary/aromatic N) is 3. The molecule has 2 aliphatic heterocycles. The maximum atomic E-state index is 13.7. The molecule has 0 unspecified atom stereocenters. The number of primary amides is 1. The first-order valence-corrected chi connectivity index (χ1v) is 14.4. The highest BCUT2D eigenvalue weighted by Crippen LogP contribution is 2.40. The summed E-state index contributed by atoms with van der Waals surface area (Å²) in [5.41, 5.74) is 10.6. The maximum Gasteiger partial charge on any atom is 0.254 e. The molecule has 3 amide bonds. The van der Waals surface area contributed by atoms with Crippen LogP contribution < -0.4 is 10.5 Å². The van der Waals surface area contributed by atoms with E-state index < -0.39 is 5.91 Å². The summed E-state index contributed by atoms with van der Waals surface area (Å²) in [6.07, 6.45) is 12.6. The van der Waals surface area contributed by atoms with E-state index in [9.17, 15) is 14.4 Å². The van der Waals surface area contributed by atoms with E-state index in [2.05, 4.69) is 18.2 Å². The number of hydrazone groups is 1. The molecule has 208 valence electrons. The lowest BCUT2D eigenvalue weighted by Gasteiger charge is -2.40. The monoisotopic (exact) mass is 540 g/mol. The van der Waals surface area contributed by atoms with Gasteiger partial charge in [0.15, 0.2) is 0 Å². The van der Waals surface area contributed by atoms with Crippen molar-refractivity contribution in [3.63, 3.8) is 0 Å². The third-order valence-corrected chi connectivity index (χ3v) is 8.85. The number of carbonyl (C=O) groups excluding carboxylic acids is 3. The molecule has 2 N–H and O–H groups in total. The maximum absolute atomic E-state index is 13.7. The highest BCUT2D eigenvalue weighted by molar-refractivity contribution is 6.08. The first kappa shape index (κ1) is 26.3. The summed E-state index contributed by atoms with van der Waals surface area (Å²) in [4.78, 5) is 39.3. The highest BCUT2D eigenvalue weighted by atomic mass is 16.5. The lowest BCUT2D eigenvalue weighted by Crippen LogP contribution is -2.49. The lowest BCUT2D eigenvalue weighted by molar-refractivity contribution is -0.140. The van der Waals surface area contributed by atoms with E-state index in [4.69, 9.17) is 15.6 Å². The number of hydrogen-bond acceptors (Lipinski definition) is 5. The van der Waals surface area contributed by atoms with Crippen molar-refractivity contribution < 1.29 is 19.1 Å². The minimum Gasteiger partial charge on any atom is -0.496 e. The van der Waals surface area contributed by atoms with Crippen molar-refractivity contribution in [3.05, 3.63) is 65.2 Å². The number of fused-ring (bicyclic) bond motifs is 2. The van der Waals surface area contributed by atoms with Gasteiger partial charge < -0.3 is 15.4 Å². The second-order valence-corrected chi connectivity index (χ2v) is 11.4. The van der Waals surface area contributed by atoms with Crippen LogP contribution in [0.3, 0.4) is 0 Å². The first-order chi connectivity index (χ1) is 19.4. The van der Waals surface area contributed by atoms with E-state index in [-0.39, 0.29) is 36.2 Å². The zero-order valence-corrected chi connectivity index (χ0v) is 23.0. The van der Waals surface area contributed by atoms with Crippen LogP contribution >= 0.6 is 0 Å². The second kappa shape index (κ2) is 10.9. The Morgan fingerprint density at radius 3 is 2.40 bits per heavy atom. The molecule has 2 aliphatic carbocycles. The van der Waals surface area contributed by atoms with Crippen LogP contribution in [0.5, 0.6) is 5.75 Å². The largest absolute Gasteiger partial charge is 0.496 e. The molecule has 0 spiro atoms.